The van der Waals surface area contributed by atoms with Gasteiger partial charge in [0.2, 0.25) is 0 Å². The summed E-state index contributed by atoms with van der Waals surface area (Å²) in [6.45, 7) is 0.399. The van der Waals surface area contributed by atoms with Gasteiger partial charge in [-0.15, -0.1) is 0 Å². The number of benzene rings is 1. The molecule has 0 unspecified atom stereocenters. The first-order chi connectivity index (χ1) is 12.5. The second kappa shape index (κ2) is 9.91. The van der Waals surface area contributed by atoms with Crippen molar-refractivity contribution in [3.05, 3.63) is 29.8 Å². The summed E-state index contributed by atoms with van der Waals surface area (Å²) >= 11 is 0. The zero-order chi connectivity index (χ0) is 18.9. The van der Waals surface area contributed by atoms with Gasteiger partial charge in [0.15, 0.2) is 0 Å². The van der Waals surface area contributed by atoms with E-state index < -0.39 is 11.9 Å². The average molecular weight is 363 g/mol. The van der Waals surface area contributed by atoms with Gasteiger partial charge >= 0.3 is 17.8 Å². The quantitative estimate of drug-likeness (QED) is 0.616. The summed E-state index contributed by atoms with van der Waals surface area (Å²) in [4.78, 5) is 33.7. The molecule has 1 aromatic carbocycles. The topological polar surface area (TPSA) is 90.9 Å². The van der Waals surface area contributed by atoms with E-state index >= 15 is 0 Å². The average Bonchev–Trinajstić information content (AvgIpc) is 2.68. The van der Waals surface area contributed by atoms with Crippen molar-refractivity contribution < 1.29 is 28.6 Å². The molecule has 0 heterocycles. The molecule has 0 spiro atoms. The Balaban J connectivity index is 1.77. The van der Waals surface area contributed by atoms with Crippen LogP contribution in [0.25, 0.3) is 0 Å². The van der Waals surface area contributed by atoms with E-state index in [0.717, 1.165) is 25.7 Å². The number of carbonyl (C=O) groups excluding carboxylic acids is 3. The number of hydrogen-bond acceptors (Lipinski definition) is 6. The van der Waals surface area contributed by atoms with Crippen LogP contribution in [0.3, 0.4) is 0 Å². The Kier molecular flexibility index (Phi) is 7.59. The van der Waals surface area contributed by atoms with E-state index in [0.29, 0.717) is 18.2 Å². The SMILES string of the molecule is COC(=O)CCOC1CCC(c2ccc(NC(=O)C(=O)OC)cc2)CC1. The van der Waals surface area contributed by atoms with Crippen LogP contribution in [0.4, 0.5) is 5.69 Å². The number of rotatable bonds is 6. The van der Waals surface area contributed by atoms with E-state index in [-0.39, 0.29) is 18.5 Å². The molecule has 1 aliphatic carbocycles. The normalized spacial score (nSPS) is 19.5. The minimum absolute atomic E-state index is 0.189. The number of carbonyl (C=O) groups is 3. The Bertz CT molecular complexity index is 619. The summed E-state index contributed by atoms with van der Waals surface area (Å²) in [5.74, 6) is -1.51. The minimum atomic E-state index is -0.917. The van der Waals surface area contributed by atoms with E-state index in [2.05, 4.69) is 14.8 Å². The molecule has 1 saturated carbocycles. The summed E-state index contributed by atoms with van der Waals surface area (Å²) in [7, 11) is 2.54. The Morgan fingerprint density at radius 1 is 1.00 bits per heavy atom. The number of methoxy groups -OCH3 is 2. The Morgan fingerprint density at radius 2 is 1.65 bits per heavy atom. The molecule has 1 fully saturated rings. The number of anilines is 1. The molecule has 0 bridgehead atoms. The lowest BCUT2D eigenvalue weighted by molar-refractivity contribution is -0.150. The lowest BCUT2D eigenvalue weighted by Gasteiger charge is -2.29. The Hall–Kier alpha value is -2.41. The van der Waals surface area contributed by atoms with Crippen LogP contribution in [-0.2, 0) is 28.6 Å². The van der Waals surface area contributed by atoms with Gasteiger partial charge in [-0.25, -0.2) is 4.79 Å². The van der Waals surface area contributed by atoms with Crippen LogP contribution in [0, 0.1) is 0 Å². The maximum Gasteiger partial charge on any atom is 0.396 e. The highest BCUT2D eigenvalue weighted by molar-refractivity contribution is 6.37. The van der Waals surface area contributed by atoms with Gasteiger partial charge in [0.05, 0.1) is 33.4 Å². The van der Waals surface area contributed by atoms with Gasteiger partial charge in [0.25, 0.3) is 0 Å². The molecule has 1 amide bonds. The highest BCUT2D eigenvalue weighted by Gasteiger charge is 2.23. The van der Waals surface area contributed by atoms with Crippen LogP contribution in [0.1, 0.15) is 43.6 Å². The highest BCUT2D eigenvalue weighted by Crippen LogP contribution is 2.34. The summed E-state index contributed by atoms with van der Waals surface area (Å²) in [6, 6.07) is 7.51. The Labute approximate surface area is 153 Å². The third kappa shape index (κ3) is 5.84. The lowest BCUT2D eigenvalue weighted by Crippen LogP contribution is -2.24. The van der Waals surface area contributed by atoms with Gasteiger partial charge < -0.3 is 19.5 Å². The van der Waals surface area contributed by atoms with E-state index in [1.807, 2.05) is 12.1 Å². The minimum Gasteiger partial charge on any atom is -0.469 e. The first kappa shape index (κ1) is 19.9. The molecule has 1 aliphatic rings. The van der Waals surface area contributed by atoms with Crippen molar-refractivity contribution in [3.63, 3.8) is 0 Å². The predicted octanol–water partition coefficient (Wildman–Crippen LogP) is 2.40. The smallest absolute Gasteiger partial charge is 0.396 e. The molecule has 26 heavy (non-hydrogen) atoms. The maximum atomic E-state index is 11.5. The zero-order valence-electron chi connectivity index (χ0n) is 15.2. The number of amides is 1. The molecule has 142 valence electrons. The van der Waals surface area contributed by atoms with Crippen molar-refractivity contribution >= 4 is 23.5 Å². The monoisotopic (exact) mass is 363 g/mol. The van der Waals surface area contributed by atoms with Crippen LogP contribution < -0.4 is 5.32 Å². The molecule has 7 nitrogen and oxygen atoms in total. The third-order valence-corrected chi connectivity index (χ3v) is 4.57. The summed E-state index contributed by atoms with van der Waals surface area (Å²) in [6.07, 6.45) is 4.40. The molecular weight excluding hydrogens is 338 g/mol. The number of esters is 2. The molecule has 0 atom stereocenters. The lowest BCUT2D eigenvalue weighted by atomic mass is 9.82. The first-order valence-electron chi connectivity index (χ1n) is 8.71. The van der Waals surface area contributed by atoms with Crippen molar-refractivity contribution in [2.45, 2.75) is 44.1 Å². The second-order valence-corrected chi connectivity index (χ2v) is 6.24. The van der Waals surface area contributed by atoms with Crippen LogP contribution >= 0.6 is 0 Å². The van der Waals surface area contributed by atoms with E-state index in [1.165, 1.54) is 19.8 Å². The third-order valence-electron chi connectivity index (χ3n) is 4.57. The zero-order valence-corrected chi connectivity index (χ0v) is 15.2. The molecule has 0 saturated heterocycles. The van der Waals surface area contributed by atoms with Gasteiger partial charge in [-0.2, -0.15) is 0 Å². The van der Waals surface area contributed by atoms with Crippen molar-refractivity contribution in [1.29, 1.82) is 0 Å². The molecule has 0 radical (unpaired) electrons. The molecule has 1 aromatic rings. The van der Waals surface area contributed by atoms with Gasteiger partial charge in [-0.1, -0.05) is 12.1 Å². The van der Waals surface area contributed by atoms with Gasteiger partial charge in [0.1, 0.15) is 0 Å². The second-order valence-electron chi connectivity index (χ2n) is 6.24. The van der Waals surface area contributed by atoms with Crippen LogP contribution in [0.2, 0.25) is 0 Å². The standard InChI is InChI=1S/C19H25NO6/c1-24-17(21)11-12-26-16-9-5-14(6-10-16)13-3-7-15(8-4-13)20-18(22)19(23)25-2/h3-4,7-8,14,16H,5-6,9-12H2,1-2H3,(H,20,22). The molecule has 7 heteroatoms. The molecule has 2 rings (SSSR count). The Morgan fingerprint density at radius 3 is 2.23 bits per heavy atom. The van der Waals surface area contributed by atoms with E-state index in [9.17, 15) is 14.4 Å². The maximum absolute atomic E-state index is 11.5. The fourth-order valence-electron chi connectivity index (χ4n) is 3.09. The van der Waals surface area contributed by atoms with Crippen molar-refractivity contribution in [2.24, 2.45) is 0 Å². The first-order valence-corrected chi connectivity index (χ1v) is 8.71. The predicted molar refractivity (Wildman–Crippen MR) is 94.7 cm³/mol. The summed E-state index contributed by atoms with van der Waals surface area (Å²) < 4.78 is 14.7. The fourth-order valence-corrected chi connectivity index (χ4v) is 3.09. The van der Waals surface area contributed by atoms with E-state index in [1.54, 1.807) is 12.1 Å². The fraction of sp³-hybridized carbons (Fsp3) is 0.526. The summed E-state index contributed by atoms with van der Waals surface area (Å²) in [5, 5.41) is 2.50. The highest BCUT2D eigenvalue weighted by atomic mass is 16.5. The van der Waals surface area contributed by atoms with Crippen LogP contribution in [0.5, 0.6) is 0 Å². The summed E-state index contributed by atoms with van der Waals surface area (Å²) in [5.41, 5.74) is 1.76. The van der Waals surface area contributed by atoms with Gasteiger partial charge in [-0.05, 0) is 49.3 Å². The van der Waals surface area contributed by atoms with E-state index in [4.69, 9.17) is 4.74 Å². The van der Waals surface area contributed by atoms with Crippen molar-refractivity contribution in [3.8, 4) is 0 Å². The number of ether oxygens (including phenoxy) is 3. The van der Waals surface area contributed by atoms with Gasteiger partial charge in [0, 0.05) is 5.69 Å². The molecule has 0 aliphatic heterocycles. The number of hydrogen-bond donors (Lipinski definition) is 1. The van der Waals surface area contributed by atoms with Crippen molar-refractivity contribution in [1.82, 2.24) is 0 Å². The molecule has 0 aromatic heterocycles. The van der Waals surface area contributed by atoms with Crippen molar-refractivity contribution in [2.75, 3.05) is 26.1 Å². The number of nitrogens with one attached hydrogen (secondary N) is 1. The van der Waals surface area contributed by atoms with Crippen LogP contribution in [0.15, 0.2) is 24.3 Å². The van der Waals surface area contributed by atoms with Gasteiger partial charge in [-0.3, -0.25) is 9.59 Å². The largest absolute Gasteiger partial charge is 0.469 e. The molecule has 1 N–H and O–H groups in total. The molecular formula is C19H25NO6. The van der Waals surface area contributed by atoms with Crippen LogP contribution in [-0.4, -0.2) is 44.8 Å².